The molecule has 0 saturated carbocycles. The Balaban J connectivity index is 3.25. The molecular weight excluding hydrogens is 263 g/mol. The van der Waals surface area contributed by atoms with E-state index in [1.807, 2.05) is 0 Å². The first kappa shape index (κ1) is 13.8. The van der Waals surface area contributed by atoms with E-state index in [-0.39, 0.29) is 10.9 Å². The van der Waals surface area contributed by atoms with Gasteiger partial charge in [-0.1, -0.05) is 23.2 Å². The molecule has 0 spiro atoms. The summed E-state index contributed by atoms with van der Waals surface area (Å²) in [6.07, 6.45) is 1.50. The molecule has 6 heteroatoms. The third-order valence-corrected chi connectivity index (χ3v) is 2.65. The van der Waals surface area contributed by atoms with Crippen LogP contribution in [-0.2, 0) is 9.53 Å². The molecule has 0 amide bonds. The summed E-state index contributed by atoms with van der Waals surface area (Å²) in [5.41, 5.74) is 1.44. The van der Waals surface area contributed by atoms with Crippen molar-refractivity contribution in [3.05, 3.63) is 33.2 Å². The molecule has 0 aliphatic carbocycles. The highest BCUT2D eigenvalue weighted by Gasteiger charge is 2.12. The van der Waals surface area contributed by atoms with E-state index in [0.29, 0.717) is 16.3 Å². The molecular formula is C11H12Cl2N2O2. The topological polar surface area (TPSA) is 51.2 Å². The Bertz CT molecular complexity index is 450. The van der Waals surface area contributed by atoms with Crippen LogP contribution in [0.4, 0.5) is 0 Å². The molecule has 0 aromatic carbocycles. The number of nitrogens with one attached hydrogen (secondary N) is 1. The molecule has 0 aliphatic rings. The highest BCUT2D eigenvalue weighted by molar-refractivity contribution is 6.36. The lowest BCUT2D eigenvalue weighted by Gasteiger charge is -2.07. The Kier molecular flexibility index (Phi) is 4.78. The minimum atomic E-state index is -0.500. The van der Waals surface area contributed by atoms with Crippen LogP contribution >= 0.6 is 23.2 Å². The molecule has 0 saturated heterocycles. The SMILES string of the molecule is CNC(=Cc1c(Cl)cc(C)nc1Cl)C(=O)OC. The standard InChI is InChI=1S/C11H12Cl2N2O2/c1-6-4-8(12)7(10(13)15-6)5-9(14-2)11(16)17-3/h4-5,14H,1-3H3. The molecule has 0 radical (unpaired) electrons. The molecule has 0 bridgehead atoms. The quantitative estimate of drug-likeness (QED) is 0.523. The van der Waals surface area contributed by atoms with Crippen molar-refractivity contribution >= 4 is 35.2 Å². The first-order valence-electron chi connectivity index (χ1n) is 4.80. The van der Waals surface area contributed by atoms with Gasteiger partial charge in [0.2, 0.25) is 0 Å². The number of esters is 1. The summed E-state index contributed by atoms with van der Waals surface area (Å²) in [4.78, 5) is 15.4. The van der Waals surface area contributed by atoms with Crippen molar-refractivity contribution < 1.29 is 9.53 Å². The van der Waals surface area contributed by atoms with E-state index in [1.165, 1.54) is 13.2 Å². The predicted molar refractivity (Wildman–Crippen MR) is 68.0 cm³/mol. The zero-order valence-corrected chi connectivity index (χ0v) is 11.2. The van der Waals surface area contributed by atoms with Gasteiger partial charge in [0, 0.05) is 18.3 Å². The summed E-state index contributed by atoms with van der Waals surface area (Å²) in [5, 5.41) is 3.38. The van der Waals surface area contributed by atoms with Gasteiger partial charge in [0.15, 0.2) is 0 Å². The van der Waals surface area contributed by atoms with Gasteiger partial charge < -0.3 is 10.1 Å². The normalized spacial score (nSPS) is 11.2. The van der Waals surface area contributed by atoms with Crippen molar-refractivity contribution in [3.63, 3.8) is 0 Å². The van der Waals surface area contributed by atoms with Crippen LogP contribution in [-0.4, -0.2) is 25.1 Å². The van der Waals surface area contributed by atoms with Crippen molar-refractivity contribution in [1.29, 1.82) is 0 Å². The number of likely N-dealkylation sites (N-methyl/N-ethyl adjacent to an activating group) is 1. The molecule has 1 rings (SSSR count). The number of ether oxygens (including phenoxy) is 1. The second-order valence-corrected chi connectivity index (χ2v) is 4.01. The van der Waals surface area contributed by atoms with Crippen molar-refractivity contribution in [3.8, 4) is 0 Å². The molecule has 1 aromatic heterocycles. The van der Waals surface area contributed by atoms with E-state index in [4.69, 9.17) is 23.2 Å². The average molecular weight is 275 g/mol. The predicted octanol–water partition coefficient (Wildman–Crippen LogP) is 2.43. The van der Waals surface area contributed by atoms with E-state index in [1.54, 1.807) is 20.0 Å². The molecule has 0 fully saturated rings. The summed E-state index contributed by atoms with van der Waals surface area (Å²) in [6.45, 7) is 1.78. The van der Waals surface area contributed by atoms with Crippen molar-refractivity contribution in [2.75, 3.05) is 14.2 Å². The number of aryl methyl sites for hydroxylation is 1. The van der Waals surface area contributed by atoms with Gasteiger partial charge in [-0.05, 0) is 19.1 Å². The lowest BCUT2D eigenvalue weighted by atomic mass is 10.2. The molecule has 0 atom stereocenters. The molecule has 0 unspecified atom stereocenters. The maximum absolute atomic E-state index is 11.4. The largest absolute Gasteiger partial charge is 0.464 e. The number of methoxy groups -OCH3 is 1. The third kappa shape index (κ3) is 3.35. The summed E-state index contributed by atoms with van der Waals surface area (Å²) < 4.78 is 4.60. The zero-order valence-electron chi connectivity index (χ0n) is 9.67. The number of hydrogen-bond donors (Lipinski definition) is 1. The number of carbonyl (C=O) groups is 1. The molecule has 92 valence electrons. The van der Waals surface area contributed by atoms with E-state index in [0.717, 1.165) is 0 Å². The Hall–Kier alpha value is -1.26. The van der Waals surface area contributed by atoms with Crippen LogP contribution in [0.15, 0.2) is 11.8 Å². The lowest BCUT2D eigenvalue weighted by molar-refractivity contribution is -0.136. The van der Waals surface area contributed by atoms with Crippen LogP contribution < -0.4 is 5.32 Å². The van der Waals surface area contributed by atoms with Gasteiger partial charge in [0.05, 0.1) is 12.1 Å². The molecule has 0 aliphatic heterocycles. The monoisotopic (exact) mass is 274 g/mol. The first-order chi connectivity index (χ1) is 7.99. The number of halogens is 2. The maximum Gasteiger partial charge on any atom is 0.354 e. The van der Waals surface area contributed by atoms with E-state index >= 15 is 0 Å². The fourth-order valence-electron chi connectivity index (χ4n) is 1.22. The summed E-state index contributed by atoms with van der Waals surface area (Å²) in [5.74, 6) is -0.500. The molecule has 17 heavy (non-hydrogen) atoms. The van der Waals surface area contributed by atoms with Crippen molar-refractivity contribution in [1.82, 2.24) is 10.3 Å². The van der Waals surface area contributed by atoms with Crippen molar-refractivity contribution in [2.45, 2.75) is 6.92 Å². The second-order valence-electron chi connectivity index (χ2n) is 3.25. The minimum absolute atomic E-state index is 0.242. The molecule has 1 heterocycles. The van der Waals surface area contributed by atoms with Crippen LogP contribution in [0.3, 0.4) is 0 Å². The average Bonchev–Trinajstić information content (AvgIpc) is 2.27. The zero-order chi connectivity index (χ0) is 13.0. The van der Waals surface area contributed by atoms with Crippen LogP contribution in [0, 0.1) is 6.92 Å². The van der Waals surface area contributed by atoms with Gasteiger partial charge in [-0.25, -0.2) is 9.78 Å². The molecule has 1 aromatic rings. The van der Waals surface area contributed by atoms with Gasteiger partial charge in [0.1, 0.15) is 10.9 Å². The maximum atomic E-state index is 11.4. The number of nitrogens with zero attached hydrogens (tertiary/aromatic N) is 1. The Morgan fingerprint density at radius 2 is 2.18 bits per heavy atom. The van der Waals surface area contributed by atoms with Gasteiger partial charge >= 0.3 is 5.97 Å². The Labute approximate surface area is 110 Å². The summed E-state index contributed by atoms with van der Waals surface area (Å²) >= 11 is 12.0. The fraction of sp³-hybridized carbons (Fsp3) is 0.273. The van der Waals surface area contributed by atoms with E-state index in [9.17, 15) is 4.79 Å². The van der Waals surface area contributed by atoms with Gasteiger partial charge in [0.25, 0.3) is 0 Å². The third-order valence-electron chi connectivity index (χ3n) is 2.05. The second kappa shape index (κ2) is 5.89. The van der Waals surface area contributed by atoms with Crippen LogP contribution in [0.5, 0.6) is 0 Å². The van der Waals surface area contributed by atoms with Gasteiger partial charge in [-0.3, -0.25) is 0 Å². The fourth-order valence-corrected chi connectivity index (χ4v) is 1.86. The van der Waals surface area contributed by atoms with Gasteiger partial charge in [-0.15, -0.1) is 0 Å². The van der Waals surface area contributed by atoms with Crippen LogP contribution in [0.2, 0.25) is 10.2 Å². The smallest absolute Gasteiger partial charge is 0.354 e. The highest BCUT2D eigenvalue weighted by Crippen LogP contribution is 2.25. The first-order valence-corrected chi connectivity index (χ1v) is 5.55. The summed E-state index contributed by atoms with van der Waals surface area (Å²) in [7, 11) is 2.90. The minimum Gasteiger partial charge on any atom is -0.464 e. The number of rotatable bonds is 3. The highest BCUT2D eigenvalue weighted by atomic mass is 35.5. The van der Waals surface area contributed by atoms with E-state index in [2.05, 4.69) is 15.0 Å². The number of aromatic nitrogens is 1. The Morgan fingerprint density at radius 1 is 1.53 bits per heavy atom. The molecule has 4 nitrogen and oxygen atoms in total. The number of pyridine rings is 1. The van der Waals surface area contributed by atoms with Crippen LogP contribution in [0.1, 0.15) is 11.3 Å². The van der Waals surface area contributed by atoms with Crippen molar-refractivity contribution in [2.24, 2.45) is 0 Å². The lowest BCUT2D eigenvalue weighted by Crippen LogP contribution is -2.17. The number of carbonyl (C=O) groups excluding carboxylic acids is 1. The van der Waals surface area contributed by atoms with Crippen LogP contribution in [0.25, 0.3) is 6.08 Å². The molecule has 1 N–H and O–H groups in total. The number of hydrogen-bond acceptors (Lipinski definition) is 4. The van der Waals surface area contributed by atoms with Gasteiger partial charge in [-0.2, -0.15) is 0 Å². The Morgan fingerprint density at radius 3 is 2.65 bits per heavy atom. The summed E-state index contributed by atoms with van der Waals surface area (Å²) in [6, 6.07) is 1.67. The van der Waals surface area contributed by atoms with E-state index < -0.39 is 5.97 Å².